The molecule has 0 saturated heterocycles. The van der Waals surface area contributed by atoms with Crippen LogP contribution in [0.2, 0.25) is 0 Å². The van der Waals surface area contributed by atoms with Gasteiger partial charge in [0.2, 0.25) is 0 Å². The summed E-state index contributed by atoms with van der Waals surface area (Å²) in [5, 5.41) is 13.4. The second-order valence-corrected chi connectivity index (χ2v) is 5.20. The summed E-state index contributed by atoms with van der Waals surface area (Å²) in [6, 6.07) is 13.6. The van der Waals surface area contributed by atoms with E-state index in [0.717, 1.165) is 11.3 Å². The minimum Gasteiger partial charge on any atom is -0.423 e. The molecule has 1 heterocycles. The lowest BCUT2D eigenvalue weighted by molar-refractivity contribution is -0.128. The lowest BCUT2D eigenvalue weighted by atomic mass is 10.1. The number of amides is 1. The molecule has 0 bridgehead atoms. The maximum Gasteiger partial charge on any atom is 0.336 e. The van der Waals surface area contributed by atoms with E-state index in [4.69, 9.17) is 4.74 Å². The Morgan fingerprint density at radius 1 is 1.08 bits per heavy atom. The third-order valence-corrected chi connectivity index (χ3v) is 3.48. The van der Waals surface area contributed by atoms with E-state index in [2.05, 4.69) is 20.8 Å². The van der Waals surface area contributed by atoms with Crippen LogP contribution in [-0.4, -0.2) is 39.1 Å². The summed E-state index contributed by atoms with van der Waals surface area (Å²) in [7, 11) is 1.57. The predicted molar refractivity (Wildman–Crippen MR) is 93.7 cm³/mol. The molecule has 130 valence electrons. The molecule has 0 atom stereocenters. The van der Waals surface area contributed by atoms with Gasteiger partial charge in [0.25, 0.3) is 5.91 Å². The van der Waals surface area contributed by atoms with Crippen molar-refractivity contribution in [2.75, 3.05) is 7.05 Å². The average Bonchev–Trinajstić information content (AvgIpc) is 3.21. The predicted octanol–water partition coefficient (Wildman–Crippen LogP) is 1.64. The van der Waals surface area contributed by atoms with E-state index in [1.165, 1.54) is 17.1 Å². The van der Waals surface area contributed by atoms with Gasteiger partial charge in [0.1, 0.15) is 12.1 Å². The van der Waals surface area contributed by atoms with E-state index in [1.807, 2.05) is 0 Å². The first-order chi connectivity index (χ1) is 12.7. The fourth-order valence-electron chi connectivity index (χ4n) is 2.15. The van der Waals surface area contributed by atoms with Crippen molar-refractivity contribution < 1.29 is 14.3 Å². The summed E-state index contributed by atoms with van der Waals surface area (Å²) in [5.41, 5.74) is 2.08. The van der Waals surface area contributed by atoms with Crippen LogP contribution in [0.15, 0.2) is 60.9 Å². The van der Waals surface area contributed by atoms with Gasteiger partial charge in [0.05, 0.1) is 5.69 Å². The number of ether oxygens (including phenoxy) is 1. The van der Waals surface area contributed by atoms with Gasteiger partial charge in [0, 0.05) is 18.7 Å². The van der Waals surface area contributed by atoms with Crippen LogP contribution in [-0.2, 0) is 4.79 Å². The van der Waals surface area contributed by atoms with Crippen LogP contribution in [0.1, 0.15) is 15.9 Å². The molecule has 1 N–H and O–H groups in total. The van der Waals surface area contributed by atoms with Crippen LogP contribution in [0, 0.1) is 0 Å². The molecular weight excluding hydrogens is 334 g/mol. The molecule has 1 amide bonds. The summed E-state index contributed by atoms with van der Waals surface area (Å²) in [4.78, 5) is 23.4. The second kappa shape index (κ2) is 7.84. The molecule has 0 fully saturated rings. The number of esters is 1. The number of tetrazole rings is 1. The Morgan fingerprint density at radius 3 is 2.42 bits per heavy atom. The standard InChI is InChI=1S/C18H15N5O3/c1-19-18(25)14-5-2-13(3-6-14)4-11-17(24)26-16-9-7-15(8-10-16)23-12-20-21-22-23/h2-12H,1H3,(H,19,25)/b11-4+. The second-order valence-electron chi connectivity index (χ2n) is 5.20. The van der Waals surface area contributed by atoms with Crippen molar-refractivity contribution >= 4 is 18.0 Å². The molecular formula is C18H15N5O3. The Hall–Kier alpha value is -3.81. The normalized spacial score (nSPS) is 10.7. The zero-order chi connectivity index (χ0) is 18.4. The third kappa shape index (κ3) is 4.18. The van der Waals surface area contributed by atoms with Crippen molar-refractivity contribution in [1.29, 1.82) is 0 Å². The summed E-state index contributed by atoms with van der Waals surface area (Å²) in [5.74, 6) is -0.257. The van der Waals surface area contributed by atoms with E-state index in [9.17, 15) is 9.59 Å². The molecule has 3 aromatic rings. The number of rotatable bonds is 5. The fourth-order valence-corrected chi connectivity index (χ4v) is 2.15. The highest BCUT2D eigenvalue weighted by atomic mass is 16.5. The summed E-state index contributed by atoms with van der Waals surface area (Å²) >= 11 is 0. The molecule has 2 aromatic carbocycles. The number of hydrogen-bond acceptors (Lipinski definition) is 6. The van der Waals surface area contributed by atoms with Crippen molar-refractivity contribution in [1.82, 2.24) is 25.5 Å². The number of carbonyl (C=O) groups is 2. The smallest absolute Gasteiger partial charge is 0.336 e. The molecule has 1 aromatic heterocycles. The highest BCUT2D eigenvalue weighted by Crippen LogP contribution is 2.15. The largest absolute Gasteiger partial charge is 0.423 e. The number of benzene rings is 2. The Morgan fingerprint density at radius 2 is 1.81 bits per heavy atom. The van der Waals surface area contributed by atoms with Crippen LogP contribution < -0.4 is 10.1 Å². The first-order valence-corrected chi connectivity index (χ1v) is 7.71. The summed E-state index contributed by atoms with van der Waals surface area (Å²) < 4.78 is 6.73. The summed E-state index contributed by atoms with van der Waals surface area (Å²) in [6.07, 6.45) is 4.41. The van der Waals surface area contributed by atoms with Crippen molar-refractivity contribution in [3.63, 3.8) is 0 Å². The van der Waals surface area contributed by atoms with Crippen molar-refractivity contribution in [2.45, 2.75) is 0 Å². The third-order valence-electron chi connectivity index (χ3n) is 3.48. The molecule has 0 aliphatic carbocycles. The van der Waals surface area contributed by atoms with E-state index >= 15 is 0 Å². The molecule has 3 rings (SSSR count). The number of carbonyl (C=O) groups excluding carboxylic acids is 2. The molecule has 0 saturated carbocycles. The first kappa shape index (κ1) is 17.0. The minimum absolute atomic E-state index is 0.162. The average molecular weight is 349 g/mol. The zero-order valence-corrected chi connectivity index (χ0v) is 13.9. The van der Waals surface area contributed by atoms with E-state index < -0.39 is 5.97 Å². The summed E-state index contributed by atoms with van der Waals surface area (Å²) in [6.45, 7) is 0. The van der Waals surface area contributed by atoms with Crippen molar-refractivity contribution in [3.8, 4) is 11.4 Å². The van der Waals surface area contributed by atoms with Gasteiger partial charge in [-0.3, -0.25) is 4.79 Å². The number of nitrogens with one attached hydrogen (secondary N) is 1. The number of aromatic nitrogens is 4. The Bertz CT molecular complexity index is 916. The zero-order valence-electron chi connectivity index (χ0n) is 13.9. The first-order valence-electron chi connectivity index (χ1n) is 7.71. The number of hydrogen-bond donors (Lipinski definition) is 1. The van der Waals surface area contributed by atoms with Crippen molar-refractivity contribution in [2.24, 2.45) is 0 Å². The Kier molecular flexibility index (Phi) is 5.14. The quantitative estimate of drug-likeness (QED) is 0.427. The monoisotopic (exact) mass is 349 g/mol. The highest BCUT2D eigenvalue weighted by molar-refractivity contribution is 5.94. The molecule has 0 aliphatic rings. The maximum absolute atomic E-state index is 11.9. The van der Waals surface area contributed by atoms with Gasteiger partial charge in [-0.05, 0) is 58.5 Å². The van der Waals surface area contributed by atoms with Crippen LogP contribution in [0.4, 0.5) is 0 Å². The van der Waals surface area contributed by atoms with E-state index in [0.29, 0.717) is 11.3 Å². The Labute approximate surface area is 149 Å². The number of nitrogens with zero attached hydrogens (tertiary/aromatic N) is 4. The lowest BCUT2D eigenvalue weighted by Gasteiger charge is -2.03. The molecule has 0 spiro atoms. The van der Waals surface area contributed by atoms with Gasteiger partial charge in [-0.2, -0.15) is 0 Å². The van der Waals surface area contributed by atoms with Crippen LogP contribution in [0.3, 0.4) is 0 Å². The van der Waals surface area contributed by atoms with Crippen LogP contribution in [0.25, 0.3) is 11.8 Å². The van der Waals surface area contributed by atoms with Gasteiger partial charge in [-0.25, -0.2) is 9.48 Å². The van der Waals surface area contributed by atoms with Gasteiger partial charge in [-0.15, -0.1) is 5.10 Å². The minimum atomic E-state index is -0.504. The fraction of sp³-hybridized carbons (Fsp3) is 0.0556. The van der Waals surface area contributed by atoms with E-state index in [1.54, 1.807) is 61.7 Å². The van der Waals surface area contributed by atoms with E-state index in [-0.39, 0.29) is 5.91 Å². The lowest BCUT2D eigenvalue weighted by Crippen LogP contribution is -2.17. The maximum atomic E-state index is 11.9. The molecule has 8 nitrogen and oxygen atoms in total. The topological polar surface area (TPSA) is 99.0 Å². The van der Waals surface area contributed by atoms with Gasteiger partial charge in [0.15, 0.2) is 0 Å². The molecule has 0 radical (unpaired) electrons. The van der Waals surface area contributed by atoms with Crippen LogP contribution in [0.5, 0.6) is 5.75 Å². The molecule has 0 unspecified atom stereocenters. The van der Waals surface area contributed by atoms with Gasteiger partial charge < -0.3 is 10.1 Å². The SMILES string of the molecule is CNC(=O)c1ccc(/C=C/C(=O)Oc2ccc(-n3cnnn3)cc2)cc1. The van der Waals surface area contributed by atoms with Crippen molar-refractivity contribution in [3.05, 3.63) is 72.1 Å². The molecule has 26 heavy (non-hydrogen) atoms. The van der Waals surface area contributed by atoms with Gasteiger partial charge in [-0.1, -0.05) is 12.1 Å². The molecule has 0 aliphatic heterocycles. The van der Waals surface area contributed by atoms with Gasteiger partial charge >= 0.3 is 5.97 Å². The Balaban J connectivity index is 1.59. The highest BCUT2D eigenvalue weighted by Gasteiger charge is 2.04. The van der Waals surface area contributed by atoms with Crippen LogP contribution >= 0.6 is 0 Å². The molecule has 8 heteroatoms.